The molecule has 0 radical (unpaired) electrons. The summed E-state index contributed by atoms with van der Waals surface area (Å²) in [5, 5.41) is 7.82. The van der Waals surface area contributed by atoms with Crippen LogP contribution in [0.15, 0.2) is 30.3 Å². The van der Waals surface area contributed by atoms with E-state index in [-0.39, 0.29) is 5.91 Å². The van der Waals surface area contributed by atoms with E-state index in [2.05, 4.69) is 34.3 Å². The third kappa shape index (κ3) is 4.62. The van der Waals surface area contributed by atoms with Gasteiger partial charge in [-0.15, -0.1) is 0 Å². The van der Waals surface area contributed by atoms with Gasteiger partial charge < -0.3 is 10.2 Å². The van der Waals surface area contributed by atoms with E-state index in [9.17, 15) is 4.79 Å². The lowest BCUT2D eigenvalue weighted by Crippen LogP contribution is -2.47. The summed E-state index contributed by atoms with van der Waals surface area (Å²) in [4.78, 5) is 22.2. The number of benzene rings is 1. The molecule has 0 saturated carbocycles. The average molecular weight is 421 g/mol. The molecule has 3 aromatic rings. The van der Waals surface area contributed by atoms with Crippen molar-refractivity contribution in [2.24, 2.45) is 0 Å². The number of aryl methyl sites for hydroxylation is 3. The van der Waals surface area contributed by atoms with Gasteiger partial charge in [-0.05, 0) is 33.4 Å². The minimum Gasteiger partial charge on any atom is -0.355 e. The van der Waals surface area contributed by atoms with Crippen molar-refractivity contribution in [3.8, 4) is 11.1 Å². The molecule has 0 atom stereocenters. The molecule has 0 aliphatic carbocycles. The number of fused-ring (bicyclic) bond motifs is 1. The number of aromatic nitrogens is 3. The minimum atomic E-state index is 0.0358. The van der Waals surface area contributed by atoms with Crippen LogP contribution in [0.5, 0.6) is 0 Å². The van der Waals surface area contributed by atoms with Gasteiger partial charge in [-0.2, -0.15) is 5.10 Å². The molecule has 2 aromatic heterocycles. The second-order valence-corrected chi connectivity index (χ2v) is 8.49. The molecule has 1 saturated heterocycles. The van der Waals surface area contributed by atoms with E-state index < -0.39 is 0 Å². The van der Waals surface area contributed by atoms with E-state index in [4.69, 9.17) is 10.1 Å². The molecule has 0 unspecified atom stereocenters. The Morgan fingerprint density at radius 2 is 1.74 bits per heavy atom. The van der Waals surface area contributed by atoms with Crippen LogP contribution in [0.3, 0.4) is 0 Å². The maximum absolute atomic E-state index is 12.6. The van der Waals surface area contributed by atoms with Crippen LogP contribution in [0.1, 0.15) is 22.6 Å². The Hall–Kier alpha value is -2.77. The first kappa shape index (κ1) is 21.5. The fraction of sp³-hybridized carbons (Fsp3) is 0.458. The average Bonchev–Trinajstić information content (AvgIpc) is 3.09. The van der Waals surface area contributed by atoms with Crippen LogP contribution in [0, 0.1) is 20.8 Å². The van der Waals surface area contributed by atoms with Gasteiger partial charge in [0.25, 0.3) is 0 Å². The molecule has 4 rings (SSSR count). The Balaban J connectivity index is 1.47. The van der Waals surface area contributed by atoms with Gasteiger partial charge in [0.2, 0.25) is 5.91 Å². The Morgan fingerprint density at radius 3 is 2.45 bits per heavy atom. The predicted molar refractivity (Wildman–Crippen MR) is 123 cm³/mol. The molecule has 1 N–H and O–H groups in total. The van der Waals surface area contributed by atoms with Gasteiger partial charge >= 0.3 is 0 Å². The highest BCUT2D eigenvalue weighted by molar-refractivity contribution is 5.82. The van der Waals surface area contributed by atoms with Crippen molar-refractivity contribution in [2.75, 3.05) is 46.3 Å². The molecule has 1 aromatic carbocycles. The SMILES string of the molecule is Cc1nc2c(-c3ccccc3)c(C)nn2c(C)c1CC(=O)NCCN1CCN(C)CC1. The van der Waals surface area contributed by atoms with E-state index in [0.717, 1.165) is 72.1 Å². The number of carbonyl (C=O) groups excluding carboxylic acids is 1. The summed E-state index contributed by atoms with van der Waals surface area (Å²) in [6.07, 6.45) is 0.322. The van der Waals surface area contributed by atoms with Crippen LogP contribution >= 0.6 is 0 Å². The lowest BCUT2D eigenvalue weighted by Gasteiger charge is -2.32. The summed E-state index contributed by atoms with van der Waals surface area (Å²) in [5.41, 5.74) is 6.75. The first-order chi connectivity index (χ1) is 14.9. The van der Waals surface area contributed by atoms with Crippen molar-refractivity contribution >= 4 is 11.6 Å². The number of piperazine rings is 1. The molecule has 0 bridgehead atoms. The first-order valence-electron chi connectivity index (χ1n) is 11.0. The molecule has 1 amide bonds. The Morgan fingerprint density at radius 1 is 1.03 bits per heavy atom. The molecule has 31 heavy (non-hydrogen) atoms. The van der Waals surface area contributed by atoms with Gasteiger partial charge in [0, 0.05) is 61.8 Å². The Kier molecular flexibility index (Phi) is 6.34. The molecule has 0 spiro atoms. The first-order valence-corrected chi connectivity index (χ1v) is 11.0. The van der Waals surface area contributed by atoms with E-state index in [1.54, 1.807) is 0 Å². The number of nitrogens with zero attached hydrogens (tertiary/aromatic N) is 5. The van der Waals surface area contributed by atoms with Gasteiger partial charge in [0.1, 0.15) is 0 Å². The smallest absolute Gasteiger partial charge is 0.224 e. The summed E-state index contributed by atoms with van der Waals surface area (Å²) in [7, 11) is 2.15. The topological polar surface area (TPSA) is 65.8 Å². The summed E-state index contributed by atoms with van der Waals surface area (Å²) < 4.78 is 1.89. The molecule has 164 valence electrons. The van der Waals surface area contributed by atoms with Crippen LogP contribution in [-0.4, -0.2) is 76.6 Å². The maximum atomic E-state index is 12.6. The highest BCUT2D eigenvalue weighted by atomic mass is 16.1. The second-order valence-electron chi connectivity index (χ2n) is 8.49. The molecular weight excluding hydrogens is 388 g/mol. The number of nitrogens with one attached hydrogen (secondary N) is 1. The van der Waals surface area contributed by atoms with Gasteiger partial charge in [0.05, 0.1) is 12.1 Å². The quantitative estimate of drug-likeness (QED) is 0.663. The molecule has 7 heteroatoms. The van der Waals surface area contributed by atoms with Crippen molar-refractivity contribution in [1.82, 2.24) is 29.7 Å². The maximum Gasteiger partial charge on any atom is 0.224 e. The monoisotopic (exact) mass is 420 g/mol. The lowest BCUT2D eigenvalue weighted by molar-refractivity contribution is -0.120. The van der Waals surface area contributed by atoms with Gasteiger partial charge in [0.15, 0.2) is 5.65 Å². The van der Waals surface area contributed by atoms with Crippen molar-refractivity contribution < 1.29 is 4.79 Å². The van der Waals surface area contributed by atoms with E-state index in [1.165, 1.54) is 0 Å². The zero-order chi connectivity index (χ0) is 22.0. The molecule has 1 aliphatic heterocycles. The van der Waals surface area contributed by atoms with Crippen molar-refractivity contribution in [1.29, 1.82) is 0 Å². The summed E-state index contributed by atoms with van der Waals surface area (Å²) in [5.74, 6) is 0.0358. The van der Waals surface area contributed by atoms with Crippen molar-refractivity contribution in [3.05, 3.63) is 53.0 Å². The van der Waals surface area contributed by atoms with Crippen LogP contribution in [-0.2, 0) is 11.2 Å². The van der Waals surface area contributed by atoms with Crippen LogP contribution < -0.4 is 5.32 Å². The van der Waals surface area contributed by atoms with Gasteiger partial charge in [-0.1, -0.05) is 30.3 Å². The number of likely N-dealkylation sites (N-methyl/N-ethyl adjacent to an activating group) is 1. The van der Waals surface area contributed by atoms with E-state index >= 15 is 0 Å². The van der Waals surface area contributed by atoms with Gasteiger partial charge in [-0.25, -0.2) is 9.50 Å². The van der Waals surface area contributed by atoms with Crippen LogP contribution in [0.2, 0.25) is 0 Å². The lowest BCUT2D eigenvalue weighted by atomic mass is 10.1. The third-order valence-electron chi connectivity index (χ3n) is 6.25. The van der Waals surface area contributed by atoms with Crippen molar-refractivity contribution in [3.63, 3.8) is 0 Å². The zero-order valence-corrected chi connectivity index (χ0v) is 19.0. The molecule has 1 aliphatic rings. The zero-order valence-electron chi connectivity index (χ0n) is 19.0. The minimum absolute atomic E-state index is 0.0358. The highest BCUT2D eigenvalue weighted by Crippen LogP contribution is 2.29. The number of amides is 1. The Bertz CT molecular complexity index is 1070. The highest BCUT2D eigenvalue weighted by Gasteiger charge is 2.19. The third-order valence-corrected chi connectivity index (χ3v) is 6.25. The fourth-order valence-electron chi connectivity index (χ4n) is 4.31. The molecule has 7 nitrogen and oxygen atoms in total. The second kappa shape index (κ2) is 9.16. The van der Waals surface area contributed by atoms with Gasteiger partial charge in [-0.3, -0.25) is 9.69 Å². The van der Waals surface area contributed by atoms with E-state index in [0.29, 0.717) is 13.0 Å². The standard InChI is InChI=1S/C24H32N6O/c1-17-21(16-22(31)25-10-11-29-14-12-28(4)13-15-29)19(3)30-24(26-17)23(18(2)27-30)20-8-6-5-7-9-20/h5-9H,10-16H2,1-4H3,(H,25,31). The number of carbonyl (C=O) groups is 1. The number of hydrogen-bond donors (Lipinski definition) is 1. The molecule has 1 fully saturated rings. The van der Waals surface area contributed by atoms with Crippen LogP contribution in [0.4, 0.5) is 0 Å². The Labute approximate surface area is 184 Å². The number of hydrogen-bond acceptors (Lipinski definition) is 5. The number of rotatable bonds is 6. The normalized spacial score (nSPS) is 15.5. The summed E-state index contributed by atoms with van der Waals surface area (Å²) >= 11 is 0. The van der Waals surface area contributed by atoms with Crippen LogP contribution in [0.25, 0.3) is 16.8 Å². The fourth-order valence-corrected chi connectivity index (χ4v) is 4.31. The van der Waals surface area contributed by atoms with Crippen molar-refractivity contribution in [2.45, 2.75) is 27.2 Å². The predicted octanol–water partition coefficient (Wildman–Crippen LogP) is 2.23. The summed E-state index contributed by atoms with van der Waals surface area (Å²) in [6, 6.07) is 10.2. The van der Waals surface area contributed by atoms with E-state index in [1.807, 2.05) is 43.5 Å². The summed E-state index contributed by atoms with van der Waals surface area (Å²) in [6.45, 7) is 11.9. The largest absolute Gasteiger partial charge is 0.355 e. The molecule has 3 heterocycles. The molecular formula is C24H32N6O.